The molecule has 0 saturated carbocycles. The molecule has 6 nitrogen and oxygen atoms in total. The SMILES string of the molecule is CCC(=O)Nc1cccc(NCC(=O)Nc2cccc(OCCc3ccccc3)c2)c1. The summed E-state index contributed by atoms with van der Waals surface area (Å²) < 4.78 is 5.81. The molecule has 0 aliphatic rings. The summed E-state index contributed by atoms with van der Waals surface area (Å²) in [5, 5.41) is 8.73. The minimum atomic E-state index is -0.176. The highest BCUT2D eigenvalue weighted by molar-refractivity contribution is 5.94. The molecule has 0 fully saturated rings. The Labute approximate surface area is 182 Å². The van der Waals surface area contributed by atoms with Gasteiger partial charge in [0.1, 0.15) is 5.75 Å². The average molecular weight is 418 g/mol. The summed E-state index contributed by atoms with van der Waals surface area (Å²) in [6.07, 6.45) is 1.23. The number of amides is 2. The molecule has 3 aromatic rings. The second-order valence-corrected chi connectivity index (χ2v) is 7.00. The monoisotopic (exact) mass is 417 g/mol. The third kappa shape index (κ3) is 7.51. The Morgan fingerprint density at radius 1 is 0.774 bits per heavy atom. The predicted octanol–water partition coefficient (Wildman–Crippen LogP) is 4.71. The van der Waals surface area contributed by atoms with Crippen molar-refractivity contribution in [3.05, 3.63) is 84.4 Å². The number of carbonyl (C=O) groups is 2. The molecule has 160 valence electrons. The molecule has 31 heavy (non-hydrogen) atoms. The molecule has 0 radical (unpaired) electrons. The van der Waals surface area contributed by atoms with Gasteiger partial charge >= 0.3 is 0 Å². The molecule has 6 heteroatoms. The molecule has 0 bridgehead atoms. The maximum absolute atomic E-state index is 12.3. The van der Waals surface area contributed by atoms with Crippen LogP contribution in [0.1, 0.15) is 18.9 Å². The molecule has 3 rings (SSSR count). The van der Waals surface area contributed by atoms with Crippen molar-refractivity contribution < 1.29 is 14.3 Å². The molecular formula is C25H27N3O3. The molecular weight excluding hydrogens is 390 g/mol. The lowest BCUT2D eigenvalue weighted by atomic mass is 10.2. The third-order valence-electron chi connectivity index (χ3n) is 4.54. The molecule has 0 aliphatic carbocycles. The highest BCUT2D eigenvalue weighted by Crippen LogP contribution is 2.18. The Morgan fingerprint density at radius 2 is 1.45 bits per heavy atom. The van der Waals surface area contributed by atoms with Crippen LogP contribution >= 0.6 is 0 Å². The summed E-state index contributed by atoms with van der Waals surface area (Å²) >= 11 is 0. The van der Waals surface area contributed by atoms with Crippen molar-refractivity contribution in [2.75, 3.05) is 29.1 Å². The normalized spacial score (nSPS) is 10.2. The molecule has 0 aromatic heterocycles. The van der Waals surface area contributed by atoms with Gasteiger partial charge in [-0.25, -0.2) is 0 Å². The van der Waals surface area contributed by atoms with Crippen LogP contribution < -0.4 is 20.7 Å². The van der Waals surface area contributed by atoms with E-state index in [9.17, 15) is 9.59 Å². The van der Waals surface area contributed by atoms with Crippen molar-refractivity contribution in [3.63, 3.8) is 0 Å². The molecule has 3 aromatic carbocycles. The highest BCUT2D eigenvalue weighted by atomic mass is 16.5. The molecule has 0 unspecified atom stereocenters. The van der Waals surface area contributed by atoms with Crippen molar-refractivity contribution in [1.29, 1.82) is 0 Å². The van der Waals surface area contributed by atoms with Gasteiger partial charge in [0.25, 0.3) is 0 Å². The van der Waals surface area contributed by atoms with Gasteiger partial charge in [-0.15, -0.1) is 0 Å². The van der Waals surface area contributed by atoms with Crippen molar-refractivity contribution in [2.45, 2.75) is 19.8 Å². The number of hydrogen-bond acceptors (Lipinski definition) is 4. The Kier molecular flexibility index (Phi) is 8.05. The van der Waals surface area contributed by atoms with Crippen LogP contribution in [0.15, 0.2) is 78.9 Å². The zero-order valence-corrected chi connectivity index (χ0v) is 17.6. The van der Waals surface area contributed by atoms with Crippen LogP contribution in [0.3, 0.4) is 0 Å². The first-order chi connectivity index (χ1) is 15.1. The third-order valence-corrected chi connectivity index (χ3v) is 4.54. The second kappa shape index (κ2) is 11.4. The van der Waals surface area contributed by atoms with Gasteiger partial charge in [0.2, 0.25) is 11.8 Å². The summed E-state index contributed by atoms with van der Waals surface area (Å²) in [6.45, 7) is 2.46. The summed E-state index contributed by atoms with van der Waals surface area (Å²) in [7, 11) is 0. The van der Waals surface area contributed by atoms with Gasteiger partial charge in [0.05, 0.1) is 13.2 Å². The number of carbonyl (C=O) groups excluding carboxylic acids is 2. The maximum Gasteiger partial charge on any atom is 0.243 e. The van der Waals surface area contributed by atoms with Crippen LogP contribution in [0.2, 0.25) is 0 Å². The number of hydrogen-bond donors (Lipinski definition) is 3. The lowest BCUT2D eigenvalue weighted by molar-refractivity contribution is -0.116. The van der Waals surface area contributed by atoms with Gasteiger partial charge in [-0.3, -0.25) is 9.59 Å². The van der Waals surface area contributed by atoms with Crippen LogP contribution in [0, 0.1) is 0 Å². The predicted molar refractivity (Wildman–Crippen MR) is 125 cm³/mol. The fourth-order valence-corrected chi connectivity index (χ4v) is 2.94. The standard InChI is InChI=1S/C25H27N3O3/c1-2-24(29)27-21-11-6-10-20(16-21)26-18-25(30)28-22-12-7-13-23(17-22)31-15-14-19-8-4-3-5-9-19/h3-13,16-17,26H,2,14-15,18H2,1H3,(H,27,29)(H,28,30). The van der Waals surface area contributed by atoms with Crippen molar-refractivity contribution >= 4 is 28.9 Å². The van der Waals surface area contributed by atoms with Crippen LogP contribution in [-0.2, 0) is 16.0 Å². The van der Waals surface area contributed by atoms with Crippen LogP contribution in [-0.4, -0.2) is 25.0 Å². The quantitative estimate of drug-likeness (QED) is 0.446. The van der Waals surface area contributed by atoms with Gasteiger partial charge in [-0.05, 0) is 35.9 Å². The van der Waals surface area contributed by atoms with Crippen molar-refractivity contribution in [1.82, 2.24) is 0 Å². The van der Waals surface area contributed by atoms with E-state index < -0.39 is 0 Å². The lowest BCUT2D eigenvalue weighted by Crippen LogP contribution is -2.21. The zero-order chi connectivity index (χ0) is 21.9. The average Bonchev–Trinajstić information content (AvgIpc) is 2.79. The molecule has 0 saturated heterocycles. The molecule has 0 atom stereocenters. The Morgan fingerprint density at radius 3 is 2.23 bits per heavy atom. The molecule has 0 heterocycles. The van der Waals surface area contributed by atoms with Crippen LogP contribution in [0.5, 0.6) is 5.75 Å². The van der Waals surface area contributed by atoms with E-state index in [-0.39, 0.29) is 18.4 Å². The number of ether oxygens (including phenoxy) is 1. The van der Waals surface area contributed by atoms with E-state index in [1.165, 1.54) is 5.56 Å². The van der Waals surface area contributed by atoms with E-state index in [1.807, 2.05) is 60.7 Å². The molecule has 2 amide bonds. The summed E-state index contributed by atoms with van der Waals surface area (Å²) in [5.74, 6) is 0.478. The van der Waals surface area contributed by atoms with E-state index in [2.05, 4.69) is 28.1 Å². The first-order valence-electron chi connectivity index (χ1n) is 10.3. The number of rotatable bonds is 10. The van der Waals surface area contributed by atoms with E-state index in [0.717, 1.165) is 12.1 Å². The largest absolute Gasteiger partial charge is 0.493 e. The van der Waals surface area contributed by atoms with Gasteiger partial charge in [0, 0.05) is 36.0 Å². The van der Waals surface area contributed by atoms with Crippen LogP contribution in [0.25, 0.3) is 0 Å². The molecule has 0 aliphatic heterocycles. The fraction of sp³-hybridized carbons (Fsp3) is 0.200. The number of benzene rings is 3. The van der Waals surface area contributed by atoms with E-state index in [0.29, 0.717) is 30.2 Å². The highest BCUT2D eigenvalue weighted by Gasteiger charge is 2.05. The van der Waals surface area contributed by atoms with Gasteiger partial charge in [0.15, 0.2) is 0 Å². The van der Waals surface area contributed by atoms with E-state index >= 15 is 0 Å². The Hall–Kier alpha value is -3.80. The number of anilines is 3. The topological polar surface area (TPSA) is 79.5 Å². The number of nitrogens with one attached hydrogen (secondary N) is 3. The molecule has 0 spiro atoms. The Bertz CT molecular complexity index is 1010. The maximum atomic E-state index is 12.3. The first kappa shape index (κ1) is 21.9. The second-order valence-electron chi connectivity index (χ2n) is 7.00. The molecule has 3 N–H and O–H groups in total. The van der Waals surface area contributed by atoms with Gasteiger partial charge < -0.3 is 20.7 Å². The smallest absolute Gasteiger partial charge is 0.243 e. The lowest BCUT2D eigenvalue weighted by Gasteiger charge is -2.11. The summed E-state index contributed by atoms with van der Waals surface area (Å²) in [6, 6.07) is 24.8. The van der Waals surface area contributed by atoms with Crippen molar-refractivity contribution in [2.24, 2.45) is 0 Å². The van der Waals surface area contributed by atoms with Crippen LogP contribution in [0.4, 0.5) is 17.1 Å². The van der Waals surface area contributed by atoms with Gasteiger partial charge in [-0.1, -0.05) is 49.4 Å². The fourth-order valence-electron chi connectivity index (χ4n) is 2.94. The minimum absolute atomic E-state index is 0.0548. The summed E-state index contributed by atoms with van der Waals surface area (Å²) in [5.41, 5.74) is 3.34. The van der Waals surface area contributed by atoms with Crippen molar-refractivity contribution in [3.8, 4) is 5.75 Å². The zero-order valence-electron chi connectivity index (χ0n) is 17.6. The summed E-state index contributed by atoms with van der Waals surface area (Å²) in [4.78, 5) is 23.8. The van der Waals surface area contributed by atoms with E-state index in [4.69, 9.17) is 4.74 Å². The first-order valence-corrected chi connectivity index (χ1v) is 10.3. The van der Waals surface area contributed by atoms with Gasteiger partial charge in [-0.2, -0.15) is 0 Å². The van der Waals surface area contributed by atoms with E-state index in [1.54, 1.807) is 13.0 Å². The Balaban J connectivity index is 1.46. The minimum Gasteiger partial charge on any atom is -0.493 e.